The van der Waals surface area contributed by atoms with E-state index in [1.54, 1.807) is 26.6 Å². The molecule has 4 rings (SSSR count). The van der Waals surface area contributed by atoms with E-state index in [2.05, 4.69) is 10.3 Å². The van der Waals surface area contributed by atoms with Crippen molar-refractivity contribution in [1.29, 1.82) is 0 Å². The molecule has 1 N–H and O–H groups in total. The van der Waals surface area contributed by atoms with Crippen molar-refractivity contribution in [3.8, 4) is 11.4 Å². The lowest BCUT2D eigenvalue weighted by molar-refractivity contribution is -0.139. The number of benzene rings is 2. The summed E-state index contributed by atoms with van der Waals surface area (Å²) in [6.07, 6.45) is 5.35. The summed E-state index contributed by atoms with van der Waals surface area (Å²) in [5.74, 6) is 0.370. The number of carbonyl (C=O) groups is 1. The summed E-state index contributed by atoms with van der Waals surface area (Å²) in [4.78, 5) is 18.9. The number of ether oxygens (including phenoxy) is 2. The van der Waals surface area contributed by atoms with Crippen LogP contribution in [0.1, 0.15) is 25.5 Å². The second-order valence-corrected chi connectivity index (χ2v) is 7.58. The number of thiocarbonyl (C=S) groups is 1. The van der Waals surface area contributed by atoms with Gasteiger partial charge in [0.15, 0.2) is 5.11 Å². The molecule has 1 atom stereocenters. The Labute approximate surface area is 192 Å². The molecular formula is C24H24N4O3S. The number of imidazole rings is 1. The van der Waals surface area contributed by atoms with Gasteiger partial charge in [0.05, 0.1) is 31.7 Å². The van der Waals surface area contributed by atoms with Gasteiger partial charge < -0.3 is 19.4 Å². The fourth-order valence-electron chi connectivity index (χ4n) is 3.76. The van der Waals surface area contributed by atoms with Gasteiger partial charge in [0.1, 0.15) is 5.75 Å². The minimum Gasteiger partial charge on any atom is -0.497 e. The monoisotopic (exact) mass is 448 g/mol. The summed E-state index contributed by atoms with van der Waals surface area (Å²) in [5.41, 5.74) is 3.96. The smallest absolute Gasteiger partial charge is 0.338 e. The zero-order valence-electron chi connectivity index (χ0n) is 18.1. The zero-order valence-corrected chi connectivity index (χ0v) is 18.9. The molecule has 0 aliphatic carbocycles. The Balaban J connectivity index is 1.74. The topological polar surface area (TPSA) is 68.6 Å². The maximum Gasteiger partial charge on any atom is 0.338 e. The van der Waals surface area contributed by atoms with Gasteiger partial charge in [0, 0.05) is 29.5 Å². The van der Waals surface area contributed by atoms with Crippen LogP contribution < -0.4 is 15.0 Å². The van der Waals surface area contributed by atoms with E-state index in [9.17, 15) is 4.79 Å². The molecular weight excluding hydrogens is 424 g/mol. The van der Waals surface area contributed by atoms with Gasteiger partial charge in [0.25, 0.3) is 0 Å². The van der Waals surface area contributed by atoms with Crippen molar-refractivity contribution in [1.82, 2.24) is 14.9 Å². The van der Waals surface area contributed by atoms with Crippen LogP contribution >= 0.6 is 12.2 Å². The molecule has 0 amide bonds. The lowest BCUT2D eigenvalue weighted by atomic mass is 9.94. The van der Waals surface area contributed by atoms with Crippen molar-refractivity contribution in [3.63, 3.8) is 0 Å². The molecule has 0 fully saturated rings. The Hall–Kier alpha value is -3.65. The normalized spacial score (nSPS) is 16.0. The average Bonchev–Trinajstić information content (AvgIpc) is 3.34. The first-order valence-corrected chi connectivity index (χ1v) is 10.6. The van der Waals surface area contributed by atoms with Crippen LogP contribution in [0.2, 0.25) is 0 Å². The highest BCUT2D eigenvalue weighted by molar-refractivity contribution is 7.80. The zero-order chi connectivity index (χ0) is 22.7. The number of carbonyl (C=O) groups excluding carboxylic acids is 1. The third-order valence-corrected chi connectivity index (χ3v) is 5.64. The molecule has 1 aliphatic heterocycles. The molecule has 1 aliphatic rings. The third-order valence-electron chi connectivity index (χ3n) is 5.34. The van der Waals surface area contributed by atoms with Gasteiger partial charge in [-0.15, -0.1) is 0 Å². The number of rotatable bonds is 6. The predicted octanol–water partition coefficient (Wildman–Crippen LogP) is 4.15. The molecule has 0 bridgehead atoms. The largest absolute Gasteiger partial charge is 0.497 e. The molecule has 2 heterocycles. The number of aromatic nitrogens is 2. The Morgan fingerprint density at radius 2 is 1.81 bits per heavy atom. The first kappa shape index (κ1) is 21.6. The predicted molar refractivity (Wildman–Crippen MR) is 127 cm³/mol. The molecule has 32 heavy (non-hydrogen) atoms. The SMILES string of the molecule is CCOC(=O)C1=C(C)N(c2ccc(OC)cc2)C(=S)NC1c1ccc(-n2ccnc2)cc1. The Kier molecular flexibility index (Phi) is 6.23. The van der Waals surface area contributed by atoms with Gasteiger partial charge >= 0.3 is 5.97 Å². The van der Waals surface area contributed by atoms with Gasteiger partial charge in [0.2, 0.25) is 0 Å². The summed E-state index contributed by atoms with van der Waals surface area (Å²) in [7, 11) is 1.62. The van der Waals surface area contributed by atoms with E-state index in [1.165, 1.54) is 0 Å². The molecule has 1 aromatic heterocycles. The van der Waals surface area contributed by atoms with E-state index in [-0.39, 0.29) is 12.6 Å². The van der Waals surface area contributed by atoms with Crippen molar-refractivity contribution in [2.75, 3.05) is 18.6 Å². The number of hydrogen-bond donors (Lipinski definition) is 1. The Bertz CT molecular complexity index is 1140. The van der Waals surface area contributed by atoms with E-state index in [0.29, 0.717) is 10.7 Å². The first-order chi connectivity index (χ1) is 15.5. The van der Waals surface area contributed by atoms with Crippen LogP contribution in [-0.4, -0.2) is 34.3 Å². The van der Waals surface area contributed by atoms with Crippen LogP contribution in [0.15, 0.2) is 78.5 Å². The maximum absolute atomic E-state index is 13.0. The van der Waals surface area contributed by atoms with E-state index < -0.39 is 6.04 Å². The van der Waals surface area contributed by atoms with Gasteiger partial charge in [-0.2, -0.15) is 0 Å². The number of anilines is 1. The number of esters is 1. The van der Waals surface area contributed by atoms with Crippen LogP contribution in [0.25, 0.3) is 5.69 Å². The second kappa shape index (κ2) is 9.23. The molecule has 1 unspecified atom stereocenters. The number of methoxy groups -OCH3 is 1. The summed E-state index contributed by atoms with van der Waals surface area (Å²) >= 11 is 5.70. The molecule has 164 valence electrons. The van der Waals surface area contributed by atoms with Crippen LogP contribution in [0, 0.1) is 0 Å². The van der Waals surface area contributed by atoms with Gasteiger partial charge in [-0.25, -0.2) is 9.78 Å². The number of nitrogens with zero attached hydrogens (tertiary/aromatic N) is 3. The van der Waals surface area contributed by atoms with Crippen molar-refractivity contribution >= 4 is 29.0 Å². The number of allylic oxidation sites excluding steroid dienone is 1. The highest BCUT2D eigenvalue weighted by Crippen LogP contribution is 2.35. The van der Waals surface area contributed by atoms with Gasteiger partial charge in [-0.05, 0) is 68.0 Å². The van der Waals surface area contributed by atoms with Crippen LogP contribution in [0.5, 0.6) is 5.75 Å². The highest BCUT2D eigenvalue weighted by Gasteiger charge is 2.35. The Morgan fingerprint density at radius 3 is 2.41 bits per heavy atom. The van der Waals surface area contributed by atoms with Crippen molar-refractivity contribution < 1.29 is 14.3 Å². The van der Waals surface area contributed by atoms with Crippen LogP contribution in [-0.2, 0) is 9.53 Å². The van der Waals surface area contributed by atoms with E-state index >= 15 is 0 Å². The molecule has 0 spiro atoms. The summed E-state index contributed by atoms with van der Waals surface area (Å²) in [6.45, 7) is 3.97. The number of nitrogens with one attached hydrogen (secondary N) is 1. The molecule has 0 saturated carbocycles. The van der Waals surface area contributed by atoms with Crippen LogP contribution in [0.3, 0.4) is 0 Å². The standard InChI is InChI=1S/C24H24N4O3S/c1-4-31-23(29)21-16(2)28(19-9-11-20(30-3)12-10-19)24(32)26-22(21)17-5-7-18(8-6-17)27-14-13-25-15-27/h5-15,22H,4H2,1-3H3,(H,26,32). The van der Waals surface area contributed by atoms with Crippen molar-refractivity contribution in [3.05, 3.63) is 84.1 Å². The fraction of sp³-hybridized carbons (Fsp3) is 0.208. The minimum atomic E-state index is -0.423. The minimum absolute atomic E-state index is 0.287. The summed E-state index contributed by atoms with van der Waals surface area (Å²) < 4.78 is 12.6. The maximum atomic E-state index is 13.0. The molecule has 3 aromatic rings. The van der Waals surface area contributed by atoms with Gasteiger partial charge in [-0.3, -0.25) is 4.90 Å². The molecule has 8 heteroatoms. The van der Waals surface area contributed by atoms with E-state index in [1.807, 2.05) is 71.1 Å². The third kappa shape index (κ3) is 4.09. The number of hydrogen-bond acceptors (Lipinski definition) is 5. The molecule has 2 aromatic carbocycles. The molecule has 7 nitrogen and oxygen atoms in total. The molecule has 0 saturated heterocycles. The lowest BCUT2D eigenvalue weighted by Gasteiger charge is -2.37. The summed E-state index contributed by atoms with van der Waals surface area (Å²) in [5, 5.41) is 3.84. The van der Waals surface area contributed by atoms with Crippen LogP contribution in [0.4, 0.5) is 5.69 Å². The highest BCUT2D eigenvalue weighted by atomic mass is 32.1. The first-order valence-electron chi connectivity index (χ1n) is 10.2. The molecule has 0 radical (unpaired) electrons. The Morgan fingerprint density at radius 1 is 1.12 bits per heavy atom. The second-order valence-electron chi connectivity index (χ2n) is 7.20. The van der Waals surface area contributed by atoms with Gasteiger partial charge in [-0.1, -0.05) is 12.1 Å². The van der Waals surface area contributed by atoms with Crippen molar-refractivity contribution in [2.24, 2.45) is 0 Å². The summed E-state index contributed by atoms with van der Waals surface area (Å²) in [6, 6.07) is 15.0. The fourth-order valence-corrected chi connectivity index (χ4v) is 4.12. The van der Waals surface area contributed by atoms with Crippen molar-refractivity contribution in [2.45, 2.75) is 19.9 Å². The van der Waals surface area contributed by atoms with E-state index in [4.69, 9.17) is 21.7 Å². The average molecular weight is 449 g/mol. The quantitative estimate of drug-likeness (QED) is 0.449. The lowest BCUT2D eigenvalue weighted by Crippen LogP contribution is -2.48. The van der Waals surface area contributed by atoms with E-state index in [0.717, 1.165) is 28.4 Å².